The maximum atomic E-state index is 12.2. The first kappa shape index (κ1) is 14.0. The lowest BCUT2D eigenvalue weighted by molar-refractivity contribution is -0.138. The molecule has 0 radical (unpaired) electrons. The molecule has 0 bridgehead atoms. The average Bonchev–Trinajstić information content (AvgIpc) is 2.38. The number of aliphatic carboxylic acids is 1. The molecule has 0 aromatic carbocycles. The maximum Gasteiger partial charge on any atom is 0.317 e. The van der Waals surface area contributed by atoms with Gasteiger partial charge in [0.2, 0.25) is 0 Å². The minimum Gasteiger partial charge on any atom is -0.480 e. The Balaban J connectivity index is 1.94. The summed E-state index contributed by atoms with van der Waals surface area (Å²) in [6, 6.07) is 5.21. The molecule has 1 fully saturated rings. The van der Waals surface area contributed by atoms with Crippen molar-refractivity contribution in [3.63, 3.8) is 0 Å². The number of pyridine rings is 1. The van der Waals surface area contributed by atoms with E-state index < -0.39 is 5.97 Å². The highest BCUT2D eigenvalue weighted by molar-refractivity contribution is 9.10. The third-order valence-electron chi connectivity index (χ3n) is 2.95. The van der Waals surface area contributed by atoms with Crippen LogP contribution >= 0.6 is 15.9 Å². The minimum atomic E-state index is -0.839. The fourth-order valence-electron chi connectivity index (χ4n) is 1.99. The van der Waals surface area contributed by atoms with E-state index in [1.807, 2.05) is 4.90 Å². The molecule has 2 heterocycles. The van der Waals surface area contributed by atoms with Crippen LogP contribution < -0.4 is 0 Å². The van der Waals surface area contributed by atoms with E-state index in [0.717, 1.165) is 0 Å². The predicted octanol–water partition coefficient (Wildman–Crippen LogP) is 0.687. The van der Waals surface area contributed by atoms with E-state index in [4.69, 9.17) is 5.11 Å². The molecule has 1 amide bonds. The maximum absolute atomic E-state index is 12.2. The lowest BCUT2D eigenvalue weighted by Crippen LogP contribution is -2.50. The van der Waals surface area contributed by atoms with E-state index in [2.05, 4.69) is 20.9 Å². The van der Waals surface area contributed by atoms with Gasteiger partial charge in [-0.15, -0.1) is 0 Å². The smallest absolute Gasteiger partial charge is 0.317 e. The molecule has 1 aromatic rings. The average molecular weight is 328 g/mol. The SMILES string of the molecule is O=C(O)CN1CCN(C(=O)c2cccc(Br)n2)CC1. The molecule has 1 saturated heterocycles. The van der Waals surface area contributed by atoms with Gasteiger partial charge in [-0.3, -0.25) is 14.5 Å². The van der Waals surface area contributed by atoms with Gasteiger partial charge in [-0.1, -0.05) is 6.07 Å². The highest BCUT2D eigenvalue weighted by Crippen LogP contribution is 2.10. The van der Waals surface area contributed by atoms with Crippen LogP contribution in [0.3, 0.4) is 0 Å². The molecule has 2 rings (SSSR count). The number of rotatable bonds is 3. The van der Waals surface area contributed by atoms with Crippen molar-refractivity contribution in [1.29, 1.82) is 0 Å². The van der Waals surface area contributed by atoms with Crippen molar-refractivity contribution in [3.05, 3.63) is 28.5 Å². The van der Waals surface area contributed by atoms with Crippen LogP contribution in [0, 0.1) is 0 Å². The van der Waals surface area contributed by atoms with E-state index in [0.29, 0.717) is 36.5 Å². The van der Waals surface area contributed by atoms with E-state index >= 15 is 0 Å². The third-order valence-corrected chi connectivity index (χ3v) is 3.39. The van der Waals surface area contributed by atoms with Crippen molar-refractivity contribution < 1.29 is 14.7 Å². The Morgan fingerprint density at radius 1 is 1.26 bits per heavy atom. The quantitative estimate of drug-likeness (QED) is 0.827. The monoisotopic (exact) mass is 327 g/mol. The number of hydrogen-bond acceptors (Lipinski definition) is 4. The van der Waals surface area contributed by atoms with Crippen molar-refractivity contribution in [3.8, 4) is 0 Å². The normalized spacial score (nSPS) is 16.4. The summed E-state index contributed by atoms with van der Waals surface area (Å²) in [5.74, 6) is -0.954. The van der Waals surface area contributed by atoms with Gasteiger partial charge in [-0.25, -0.2) is 4.98 Å². The van der Waals surface area contributed by atoms with Gasteiger partial charge >= 0.3 is 5.97 Å². The Labute approximate surface area is 119 Å². The molecule has 1 N–H and O–H groups in total. The van der Waals surface area contributed by atoms with Crippen LogP contribution in [0.15, 0.2) is 22.8 Å². The molecule has 0 spiro atoms. The first-order chi connectivity index (χ1) is 9.06. The largest absolute Gasteiger partial charge is 0.480 e. The first-order valence-corrected chi connectivity index (χ1v) is 6.71. The van der Waals surface area contributed by atoms with Crippen LogP contribution in [0.5, 0.6) is 0 Å². The lowest BCUT2D eigenvalue weighted by Gasteiger charge is -2.33. The molecule has 7 heteroatoms. The molecule has 0 unspecified atom stereocenters. The Morgan fingerprint density at radius 2 is 1.95 bits per heavy atom. The number of halogens is 1. The molecule has 0 atom stereocenters. The van der Waals surface area contributed by atoms with Crippen LogP contribution in [-0.4, -0.2) is 64.5 Å². The van der Waals surface area contributed by atoms with Crippen LogP contribution in [0.2, 0.25) is 0 Å². The minimum absolute atomic E-state index is 0.0250. The van der Waals surface area contributed by atoms with Crippen LogP contribution in [0.25, 0.3) is 0 Å². The van der Waals surface area contributed by atoms with E-state index in [1.165, 1.54) is 0 Å². The summed E-state index contributed by atoms with van der Waals surface area (Å²) in [4.78, 5) is 30.4. The zero-order valence-electron chi connectivity index (χ0n) is 10.3. The van der Waals surface area contributed by atoms with Crippen molar-refractivity contribution in [2.75, 3.05) is 32.7 Å². The molecular formula is C12H14BrN3O3. The molecule has 19 heavy (non-hydrogen) atoms. The van der Waals surface area contributed by atoms with Gasteiger partial charge in [0.1, 0.15) is 10.3 Å². The summed E-state index contributed by atoms with van der Waals surface area (Å²) in [6.07, 6.45) is 0. The van der Waals surface area contributed by atoms with Crippen molar-refractivity contribution >= 4 is 27.8 Å². The molecule has 1 aliphatic heterocycles. The zero-order valence-corrected chi connectivity index (χ0v) is 11.8. The second-order valence-electron chi connectivity index (χ2n) is 4.31. The molecule has 0 saturated carbocycles. The summed E-state index contributed by atoms with van der Waals surface area (Å²) in [6.45, 7) is 2.23. The summed E-state index contributed by atoms with van der Waals surface area (Å²) < 4.78 is 0.628. The second-order valence-corrected chi connectivity index (χ2v) is 5.12. The number of carbonyl (C=O) groups excluding carboxylic acids is 1. The topological polar surface area (TPSA) is 73.7 Å². The Kier molecular flexibility index (Phi) is 4.49. The predicted molar refractivity (Wildman–Crippen MR) is 71.9 cm³/mol. The number of carboxylic acids is 1. The number of carbonyl (C=O) groups is 2. The zero-order chi connectivity index (χ0) is 13.8. The number of piperazine rings is 1. The summed E-state index contributed by atoms with van der Waals surface area (Å²) >= 11 is 3.24. The number of aromatic nitrogens is 1. The van der Waals surface area contributed by atoms with Crippen LogP contribution in [0.1, 0.15) is 10.5 Å². The standard InChI is InChI=1S/C12H14BrN3O3/c13-10-3-1-2-9(14-10)12(19)16-6-4-15(5-7-16)8-11(17)18/h1-3H,4-8H2,(H,17,18). The number of amides is 1. The molecular weight excluding hydrogens is 314 g/mol. The van der Waals surface area contributed by atoms with E-state index in [9.17, 15) is 9.59 Å². The molecule has 6 nitrogen and oxygen atoms in total. The summed E-state index contributed by atoms with van der Waals surface area (Å²) in [7, 11) is 0. The van der Waals surface area contributed by atoms with Gasteiger partial charge < -0.3 is 10.0 Å². The van der Waals surface area contributed by atoms with Gasteiger partial charge in [0, 0.05) is 26.2 Å². The van der Waals surface area contributed by atoms with E-state index in [1.54, 1.807) is 23.1 Å². The summed E-state index contributed by atoms with van der Waals surface area (Å²) in [5.41, 5.74) is 0.404. The number of nitrogens with zero attached hydrogens (tertiary/aromatic N) is 3. The van der Waals surface area contributed by atoms with Gasteiger partial charge in [-0.2, -0.15) is 0 Å². The number of carboxylic acid groups (broad SMARTS) is 1. The Hall–Kier alpha value is -1.47. The fraction of sp³-hybridized carbons (Fsp3) is 0.417. The molecule has 0 aliphatic carbocycles. The van der Waals surface area contributed by atoms with Crippen LogP contribution in [0.4, 0.5) is 0 Å². The lowest BCUT2D eigenvalue weighted by atomic mass is 10.2. The second kappa shape index (κ2) is 6.12. The fourth-order valence-corrected chi connectivity index (χ4v) is 2.33. The van der Waals surface area contributed by atoms with E-state index in [-0.39, 0.29) is 12.5 Å². The molecule has 102 valence electrons. The third kappa shape index (κ3) is 3.74. The number of hydrogen-bond donors (Lipinski definition) is 1. The highest BCUT2D eigenvalue weighted by atomic mass is 79.9. The van der Waals surface area contributed by atoms with Gasteiger partial charge in [0.15, 0.2) is 0 Å². The highest BCUT2D eigenvalue weighted by Gasteiger charge is 2.23. The first-order valence-electron chi connectivity index (χ1n) is 5.92. The van der Waals surface area contributed by atoms with Gasteiger partial charge in [0.05, 0.1) is 6.54 Å². The van der Waals surface area contributed by atoms with Crippen molar-refractivity contribution in [2.24, 2.45) is 0 Å². The molecule has 1 aromatic heterocycles. The Bertz CT molecular complexity index is 487. The van der Waals surface area contributed by atoms with Gasteiger partial charge in [-0.05, 0) is 28.1 Å². The van der Waals surface area contributed by atoms with Gasteiger partial charge in [0.25, 0.3) is 5.91 Å². The van der Waals surface area contributed by atoms with Crippen molar-refractivity contribution in [1.82, 2.24) is 14.8 Å². The summed E-state index contributed by atoms with van der Waals surface area (Å²) in [5, 5.41) is 8.71. The van der Waals surface area contributed by atoms with Crippen molar-refractivity contribution in [2.45, 2.75) is 0 Å². The molecule has 1 aliphatic rings. The van der Waals surface area contributed by atoms with Crippen LogP contribution in [-0.2, 0) is 4.79 Å². The Morgan fingerprint density at radius 3 is 2.53 bits per heavy atom.